The van der Waals surface area contributed by atoms with E-state index >= 15 is 0 Å². The zero-order valence-electron chi connectivity index (χ0n) is 9.50. The molecule has 0 saturated heterocycles. The summed E-state index contributed by atoms with van der Waals surface area (Å²) in [5.74, 6) is -0.0400. The third kappa shape index (κ3) is 1.82. The normalized spacial score (nSPS) is 13.9. The highest BCUT2D eigenvalue weighted by Gasteiger charge is 2.21. The predicted molar refractivity (Wildman–Crippen MR) is 70.2 cm³/mol. The van der Waals surface area contributed by atoms with E-state index in [0.29, 0.717) is 11.5 Å². The van der Waals surface area contributed by atoms with Crippen LogP contribution in [0.3, 0.4) is 0 Å². The lowest BCUT2D eigenvalue weighted by atomic mass is 10.2. The van der Waals surface area contributed by atoms with Gasteiger partial charge in [-0.3, -0.25) is 0 Å². The predicted octanol–water partition coefficient (Wildman–Crippen LogP) is 2.98. The molecule has 0 saturated carbocycles. The average molecular weight is 261 g/mol. The lowest BCUT2D eigenvalue weighted by molar-refractivity contribution is 0.0702. The Bertz CT molecular complexity index is 593. The zero-order valence-corrected chi connectivity index (χ0v) is 10.3. The first-order chi connectivity index (χ1) is 8.75. The van der Waals surface area contributed by atoms with Crippen LogP contribution in [0.4, 0.5) is 10.7 Å². The van der Waals surface area contributed by atoms with E-state index in [1.54, 1.807) is 6.07 Å². The molecular weight excluding hydrogens is 250 g/mol. The van der Waals surface area contributed by atoms with Crippen LogP contribution in [0, 0.1) is 0 Å². The maximum absolute atomic E-state index is 10.9. The molecular formula is C13H11NO3S. The van der Waals surface area contributed by atoms with Gasteiger partial charge in [0.15, 0.2) is 0 Å². The van der Waals surface area contributed by atoms with Crippen molar-refractivity contribution in [2.75, 3.05) is 18.1 Å². The summed E-state index contributed by atoms with van der Waals surface area (Å²) in [7, 11) is 0. The summed E-state index contributed by atoms with van der Waals surface area (Å²) in [6, 6.07) is 11.3. The number of thiophene rings is 1. The van der Waals surface area contributed by atoms with E-state index in [9.17, 15) is 4.79 Å². The molecule has 1 aromatic heterocycles. The lowest BCUT2D eigenvalue weighted by Crippen LogP contribution is -2.27. The highest BCUT2D eigenvalue weighted by atomic mass is 32.1. The fraction of sp³-hybridized carbons (Fsp3) is 0.154. The summed E-state index contributed by atoms with van der Waals surface area (Å²) in [5.41, 5.74) is 0.988. The summed E-state index contributed by atoms with van der Waals surface area (Å²) in [6.45, 7) is 1.34. The van der Waals surface area contributed by atoms with Crippen molar-refractivity contribution in [3.05, 3.63) is 41.3 Å². The van der Waals surface area contributed by atoms with Crippen LogP contribution in [0.25, 0.3) is 0 Å². The van der Waals surface area contributed by atoms with Crippen molar-refractivity contribution in [3.8, 4) is 5.75 Å². The number of fused-ring (bicyclic) bond motifs is 1. The number of nitrogens with zero attached hydrogens (tertiary/aromatic N) is 1. The second kappa shape index (κ2) is 4.34. The summed E-state index contributed by atoms with van der Waals surface area (Å²) < 4.78 is 5.58. The quantitative estimate of drug-likeness (QED) is 0.903. The first-order valence-electron chi connectivity index (χ1n) is 5.58. The molecule has 3 rings (SSSR count). The molecule has 1 aliphatic rings. The molecule has 1 N–H and O–H groups in total. The molecule has 0 amide bonds. The Balaban J connectivity index is 2.00. The van der Waals surface area contributed by atoms with Crippen molar-refractivity contribution in [2.24, 2.45) is 0 Å². The molecule has 0 unspecified atom stereocenters. The van der Waals surface area contributed by atoms with Gasteiger partial charge in [0.2, 0.25) is 0 Å². The third-order valence-corrected chi connectivity index (χ3v) is 3.89. The Morgan fingerprint density at radius 3 is 2.89 bits per heavy atom. The maximum atomic E-state index is 10.9. The number of carbonyl (C=O) groups is 1. The molecule has 2 heterocycles. The van der Waals surface area contributed by atoms with Crippen molar-refractivity contribution in [1.29, 1.82) is 0 Å². The van der Waals surface area contributed by atoms with Gasteiger partial charge in [0, 0.05) is 0 Å². The Morgan fingerprint density at radius 2 is 2.11 bits per heavy atom. The molecule has 4 nitrogen and oxygen atoms in total. The molecule has 0 radical (unpaired) electrons. The molecule has 0 atom stereocenters. The average Bonchev–Trinajstić information content (AvgIpc) is 2.87. The lowest BCUT2D eigenvalue weighted by Gasteiger charge is -2.29. The van der Waals surface area contributed by atoms with Crippen LogP contribution in [0.15, 0.2) is 36.4 Å². The van der Waals surface area contributed by atoms with Crippen molar-refractivity contribution < 1.29 is 14.6 Å². The van der Waals surface area contributed by atoms with Gasteiger partial charge in [-0.2, -0.15) is 0 Å². The summed E-state index contributed by atoms with van der Waals surface area (Å²) in [4.78, 5) is 13.4. The largest absolute Gasteiger partial charge is 0.490 e. The van der Waals surface area contributed by atoms with Gasteiger partial charge in [-0.25, -0.2) is 4.79 Å². The minimum absolute atomic E-state index is 0.356. The Morgan fingerprint density at radius 1 is 1.28 bits per heavy atom. The van der Waals surface area contributed by atoms with E-state index < -0.39 is 5.97 Å². The molecule has 0 spiro atoms. The van der Waals surface area contributed by atoms with Gasteiger partial charge >= 0.3 is 5.97 Å². The van der Waals surface area contributed by atoms with Gasteiger partial charge < -0.3 is 14.7 Å². The van der Waals surface area contributed by atoms with Gasteiger partial charge in [0.25, 0.3) is 0 Å². The van der Waals surface area contributed by atoms with Crippen LogP contribution < -0.4 is 9.64 Å². The Hall–Kier alpha value is -2.01. The minimum Gasteiger partial charge on any atom is -0.490 e. The first kappa shape index (κ1) is 11.1. The number of hydrogen-bond acceptors (Lipinski definition) is 4. The summed E-state index contributed by atoms with van der Waals surface area (Å²) >= 11 is 1.28. The smallest absolute Gasteiger partial charge is 0.345 e. The molecule has 0 bridgehead atoms. The van der Waals surface area contributed by atoms with Crippen LogP contribution in [0.5, 0.6) is 5.75 Å². The van der Waals surface area contributed by atoms with Gasteiger partial charge in [0.05, 0.1) is 17.2 Å². The van der Waals surface area contributed by atoms with Crippen LogP contribution in [-0.4, -0.2) is 24.2 Å². The third-order valence-electron chi connectivity index (χ3n) is 2.80. The topological polar surface area (TPSA) is 49.8 Å². The molecule has 18 heavy (non-hydrogen) atoms. The molecule has 92 valence electrons. The molecule has 2 aromatic rings. The van der Waals surface area contributed by atoms with Crippen molar-refractivity contribution >= 4 is 28.0 Å². The van der Waals surface area contributed by atoms with Gasteiger partial charge in [-0.05, 0) is 24.3 Å². The minimum atomic E-state index is -0.882. The second-order valence-corrected chi connectivity index (χ2v) is 4.97. The highest BCUT2D eigenvalue weighted by molar-refractivity contribution is 7.17. The van der Waals surface area contributed by atoms with E-state index in [0.717, 1.165) is 23.0 Å². The van der Waals surface area contributed by atoms with Crippen LogP contribution >= 0.6 is 11.3 Å². The van der Waals surface area contributed by atoms with Gasteiger partial charge in [-0.1, -0.05) is 12.1 Å². The molecule has 1 aliphatic heterocycles. The molecule has 5 heteroatoms. The zero-order chi connectivity index (χ0) is 12.5. The number of benzene rings is 1. The summed E-state index contributed by atoms with van der Waals surface area (Å²) in [6.07, 6.45) is 0. The number of carboxylic acid groups (broad SMARTS) is 1. The van der Waals surface area contributed by atoms with Crippen molar-refractivity contribution in [1.82, 2.24) is 0 Å². The number of para-hydroxylation sites is 2. The number of carboxylic acids is 1. The van der Waals surface area contributed by atoms with E-state index in [4.69, 9.17) is 9.84 Å². The van der Waals surface area contributed by atoms with E-state index in [1.807, 2.05) is 30.3 Å². The van der Waals surface area contributed by atoms with Gasteiger partial charge in [-0.15, -0.1) is 11.3 Å². The Labute approximate surface area is 108 Å². The molecule has 1 aromatic carbocycles. The standard InChI is InChI=1S/C13H11NO3S/c15-13(16)11-5-6-12(18-11)14-7-8-17-10-4-2-1-3-9(10)14/h1-6H,7-8H2,(H,15,16). The van der Waals surface area contributed by atoms with E-state index in [1.165, 1.54) is 11.3 Å². The van der Waals surface area contributed by atoms with Crippen molar-refractivity contribution in [3.63, 3.8) is 0 Å². The first-order valence-corrected chi connectivity index (χ1v) is 6.40. The summed E-state index contributed by atoms with van der Waals surface area (Å²) in [5, 5.41) is 9.89. The highest BCUT2D eigenvalue weighted by Crippen LogP contribution is 2.39. The van der Waals surface area contributed by atoms with Crippen LogP contribution in [-0.2, 0) is 0 Å². The monoisotopic (exact) mass is 261 g/mol. The SMILES string of the molecule is O=C(O)c1ccc(N2CCOc3ccccc32)s1. The second-order valence-electron chi connectivity index (χ2n) is 3.91. The number of anilines is 2. The van der Waals surface area contributed by atoms with E-state index in [2.05, 4.69) is 4.90 Å². The Kier molecular flexibility index (Phi) is 2.68. The maximum Gasteiger partial charge on any atom is 0.345 e. The fourth-order valence-corrected chi connectivity index (χ4v) is 2.87. The van der Waals surface area contributed by atoms with Crippen molar-refractivity contribution in [2.45, 2.75) is 0 Å². The number of hydrogen-bond donors (Lipinski definition) is 1. The number of aromatic carboxylic acids is 1. The number of rotatable bonds is 2. The molecule has 0 fully saturated rings. The molecule has 0 aliphatic carbocycles. The van der Waals surface area contributed by atoms with Gasteiger partial charge in [0.1, 0.15) is 17.2 Å². The number of ether oxygens (including phenoxy) is 1. The fourth-order valence-electron chi connectivity index (χ4n) is 1.99. The van der Waals surface area contributed by atoms with Crippen LogP contribution in [0.1, 0.15) is 9.67 Å². The van der Waals surface area contributed by atoms with E-state index in [-0.39, 0.29) is 0 Å². The van der Waals surface area contributed by atoms with Crippen LogP contribution in [0.2, 0.25) is 0 Å².